The van der Waals surface area contributed by atoms with Crippen molar-refractivity contribution in [1.82, 2.24) is 14.5 Å². The van der Waals surface area contributed by atoms with Crippen molar-refractivity contribution in [3.05, 3.63) is 224 Å². The first-order valence-corrected chi connectivity index (χ1v) is 20.8. The molecule has 284 valence electrons. The van der Waals surface area contributed by atoms with Gasteiger partial charge in [-0.25, -0.2) is 9.97 Å². The summed E-state index contributed by atoms with van der Waals surface area (Å²) in [7, 11) is 0. The van der Waals surface area contributed by atoms with Gasteiger partial charge in [0.2, 0.25) is 0 Å². The first-order valence-electron chi connectivity index (χ1n) is 20.8. The Kier molecular flexibility index (Phi) is 8.17. The quantitative estimate of drug-likeness (QED) is 0.124. The molecular formula is C58H37N3. The van der Waals surface area contributed by atoms with Gasteiger partial charge in [-0.15, -0.1) is 0 Å². The van der Waals surface area contributed by atoms with Crippen molar-refractivity contribution in [2.45, 2.75) is 0 Å². The summed E-state index contributed by atoms with van der Waals surface area (Å²) in [5.41, 5.74) is 13.2. The fourth-order valence-electron chi connectivity index (χ4n) is 9.41. The van der Waals surface area contributed by atoms with Gasteiger partial charge in [-0.2, -0.15) is 0 Å². The summed E-state index contributed by atoms with van der Waals surface area (Å²) in [4.78, 5) is 10.4. The van der Waals surface area contributed by atoms with E-state index in [9.17, 15) is 0 Å². The molecule has 61 heavy (non-hydrogen) atoms. The highest BCUT2D eigenvalue weighted by molar-refractivity contribution is 6.28. The van der Waals surface area contributed by atoms with Gasteiger partial charge in [-0.1, -0.05) is 194 Å². The molecule has 0 spiro atoms. The highest BCUT2D eigenvalue weighted by Crippen LogP contribution is 2.46. The molecule has 0 saturated carbocycles. The summed E-state index contributed by atoms with van der Waals surface area (Å²) in [6.45, 7) is 0. The van der Waals surface area contributed by atoms with E-state index >= 15 is 0 Å². The Balaban J connectivity index is 0.994. The fraction of sp³-hybridized carbons (Fsp3) is 0. The topological polar surface area (TPSA) is 30.7 Å². The lowest BCUT2D eigenvalue weighted by atomic mass is 9.84. The summed E-state index contributed by atoms with van der Waals surface area (Å²) >= 11 is 0. The van der Waals surface area contributed by atoms with Crippen molar-refractivity contribution in [2.24, 2.45) is 0 Å². The number of aromatic nitrogens is 3. The molecule has 0 radical (unpaired) electrons. The highest BCUT2D eigenvalue weighted by Gasteiger charge is 2.19. The van der Waals surface area contributed by atoms with Crippen LogP contribution in [-0.4, -0.2) is 14.5 Å². The van der Waals surface area contributed by atoms with Crippen LogP contribution >= 0.6 is 0 Å². The number of hydrogen-bond donors (Lipinski definition) is 0. The minimum atomic E-state index is 0.698. The predicted octanol–water partition coefficient (Wildman–Crippen LogP) is 15.4. The zero-order valence-electron chi connectivity index (χ0n) is 33.2. The molecule has 2 aromatic heterocycles. The zero-order chi connectivity index (χ0) is 40.3. The van der Waals surface area contributed by atoms with Crippen LogP contribution in [0.1, 0.15) is 0 Å². The molecule has 0 unspecified atom stereocenters. The predicted molar refractivity (Wildman–Crippen MR) is 256 cm³/mol. The third kappa shape index (κ3) is 5.82. The maximum Gasteiger partial charge on any atom is 0.160 e. The van der Waals surface area contributed by atoms with Gasteiger partial charge in [0.05, 0.1) is 22.4 Å². The maximum absolute atomic E-state index is 5.19. The second-order valence-electron chi connectivity index (χ2n) is 15.7. The van der Waals surface area contributed by atoms with E-state index in [0.717, 1.165) is 39.3 Å². The van der Waals surface area contributed by atoms with Gasteiger partial charge >= 0.3 is 0 Å². The van der Waals surface area contributed by atoms with E-state index in [1.54, 1.807) is 0 Å². The summed E-state index contributed by atoms with van der Waals surface area (Å²) in [5.74, 6) is 0.698. The van der Waals surface area contributed by atoms with Gasteiger partial charge in [-0.05, 0) is 84.9 Å². The van der Waals surface area contributed by atoms with Gasteiger partial charge in [0.25, 0.3) is 0 Å². The van der Waals surface area contributed by atoms with Crippen molar-refractivity contribution in [1.29, 1.82) is 0 Å². The van der Waals surface area contributed by atoms with Crippen LogP contribution in [0.3, 0.4) is 0 Å². The minimum Gasteiger partial charge on any atom is -0.309 e. The standard InChI is InChI=1S/C58H37N3/c1-3-16-41(17-4-1)56-49-24-10-9-23-48(49)55(50-36-33-38-15-7-8-20-45(38)57(50)56)42-29-27-39(28-30-42)51-37-52(60-58(59-51)43-18-5-2-6-19-43)40-31-34-44(35-32-40)61-53-25-13-11-21-46(53)47-22-12-14-26-54(47)61/h1-37H. The summed E-state index contributed by atoms with van der Waals surface area (Å²) in [6, 6.07) is 80.4. The van der Waals surface area contributed by atoms with Crippen molar-refractivity contribution in [3.8, 4) is 61.8 Å². The van der Waals surface area contributed by atoms with Crippen molar-refractivity contribution in [2.75, 3.05) is 0 Å². The smallest absolute Gasteiger partial charge is 0.160 e. The number of rotatable bonds is 6. The molecule has 2 heterocycles. The van der Waals surface area contributed by atoms with Gasteiger partial charge in [-0.3, -0.25) is 0 Å². The molecule has 0 atom stereocenters. The van der Waals surface area contributed by atoms with Crippen LogP contribution in [0.15, 0.2) is 224 Å². The molecule has 10 aromatic carbocycles. The molecule has 0 fully saturated rings. The Morgan fingerprint density at radius 1 is 0.295 bits per heavy atom. The molecule has 0 saturated heterocycles. The fourth-order valence-corrected chi connectivity index (χ4v) is 9.41. The Labute approximate surface area is 353 Å². The van der Waals surface area contributed by atoms with Gasteiger partial charge in [0, 0.05) is 33.2 Å². The number of fused-ring (bicyclic) bond motifs is 7. The van der Waals surface area contributed by atoms with Crippen molar-refractivity contribution >= 4 is 54.1 Å². The second-order valence-corrected chi connectivity index (χ2v) is 15.7. The van der Waals surface area contributed by atoms with Crippen molar-refractivity contribution in [3.63, 3.8) is 0 Å². The molecular weight excluding hydrogens is 739 g/mol. The number of hydrogen-bond acceptors (Lipinski definition) is 2. The summed E-state index contributed by atoms with van der Waals surface area (Å²) < 4.78 is 2.35. The van der Waals surface area contributed by atoms with Crippen LogP contribution in [0.2, 0.25) is 0 Å². The SMILES string of the molecule is c1ccc(-c2nc(-c3ccc(-c4c5ccccc5c(-c5ccccc5)c5c4ccc4ccccc45)cc3)cc(-c3ccc(-n4c5ccccc5c5ccccc54)cc3)n2)cc1. The molecule has 3 nitrogen and oxygen atoms in total. The van der Waals surface area contributed by atoms with Crippen LogP contribution in [0, 0.1) is 0 Å². The monoisotopic (exact) mass is 775 g/mol. The van der Waals surface area contributed by atoms with E-state index in [-0.39, 0.29) is 0 Å². The molecule has 0 N–H and O–H groups in total. The van der Waals surface area contributed by atoms with Gasteiger partial charge < -0.3 is 4.57 Å². The highest BCUT2D eigenvalue weighted by atomic mass is 15.0. The number of para-hydroxylation sites is 2. The van der Waals surface area contributed by atoms with Crippen LogP contribution < -0.4 is 0 Å². The van der Waals surface area contributed by atoms with E-state index in [1.807, 2.05) is 18.2 Å². The summed E-state index contributed by atoms with van der Waals surface area (Å²) in [5, 5.41) is 9.99. The van der Waals surface area contributed by atoms with E-state index in [4.69, 9.17) is 9.97 Å². The van der Waals surface area contributed by atoms with Crippen molar-refractivity contribution < 1.29 is 0 Å². The molecule has 0 aliphatic heterocycles. The number of nitrogens with zero attached hydrogens (tertiary/aromatic N) is 3. The van der Waals surface area contributed by atoms with Crippen LogP contribution in [-0.2, 0) is 0 Å². The minimum absolute atomic E-state index is 0.698. The maximum atomic E-state index is 5.19. The Bertz CT molecular complexity index is 3550. The van der Waals surface area contributed by atoms with E-state index in [1.165, 1.54) is 70.8 Å². The Morgan fingerprint density at radius 2 is 0.754 bits per heavy atom. The second kappa shape index (κ2) is 14.3. The average Bonchev–Trinajstić information content (AvgIpc) is 3.68. The largest absolute Gasteiger partial charge is 0.309 e. The molecule has 12 rings (SSSR count). The lowest BCUT2D eigenvalue weighted by molar-refractivity contribution is 1.17. The van der Waals surface area contributed by atoms with Crippen LogP contribution in [0.4, 0.5) is 0 Å². The molecule has 0 aliphatic rings. The molecule has 3 heteroatoms. The third-order valence-corrected chi connectivity index (χ3v) is 12.2. The summed E-state index contributed by atoms with van der Waals surface area (Å²) in [6.07, 6.45) is 0. The van der Waals surface area contributed by atoms with E-state index in [0.29, 0.717) is 5.82 Å². The lowest BCUT2D eigenvalue weighted by Crippen LogP contribution is -1.97. The lowest BCUT2D eigenvalue weighted by Gasteiger charge is -2.19. The molecule has 0 amide bonds. The van der Waals surface area contributed by atoms with Crippen LogP contribution in [0.25, 0.3) is 116 Å². The first kappa shape index (κ1) is 34.9. The Hall–Kier alpha value is -8.14. The van der Waals surface area contributed by atoms with E-state index < -0.39 is 0 Å². The average molecular weight is 776 g/mol. The first-order chi connectivity index (χ1) is 30.3. The molecule has 0 aliphatic carbocycles. The van der Waals surface area contributed by atoms with Gasteiger partial charge in [0.15, 0.2) is 5.82 Å². The Morgan fingerprint density at radius 3 is 1.38 bits per heavy atom. The number of benzene rings is 10. The van der Waals surface area contributed by atoms with Crippen LogP contribution in [0.5, 0.6) is 0 Å². The third-order valence-electron chi connectivity index (χ3n) is 12.2. The zero-order valence-corrected chi connectivity index (χ0v) is 33.2. The molecule has 12 aromatic rings. The van der Waals surface area contributed by atoms with E-state index in [2.05, 4.69) is 211 Å². The normalized spacial score (nSPS) is 11.6. The molecule has 0 bridgehead atoms. The van der Waals surface area contributed by atoms with Gasteiger partial charge in [0.1, 0.15) is 0 Å².